The highest BCUT2D eigenvalue weighted by atomic mass is 35.5. The number of hydrogen-bond acceptors (Lipinski definition) is 5. The van der Waals surface area contributed by atoms with Crippen LogP contribution in [0.2, 0.25) is 5.02 Å². The number of allylic oxidation sites excluding steroid dienone is 1. The predicted molar refractivity (Wildman–Crippen MR) is 103 cm³/mol. The second kappa shape index (κ2) is 8.46. The first-order chi connectivity index (χ1) is 13.0. The van der Waals surface area contributed by atoms with Crippen molar-refractivity contribution < 1.29 is 19.4 Å². The van der Waals surface area contributed by atoms with Crippen LogP contribution in [0.1, 0.15) is 48.2 Å². The zero-order valence-electron chi connectivity index (χ0n) is 14.9. The van der Waals surface area contributed by atoms with E-state index in [9.17, 15) is 14.7 Å². The summed E-state index contributed by atoms with van der Waals surface area (Å²) >= 11 is 6.58. The van der Waals surface area contributed by atoms with Gasteiger partial charge in [0.1, 0.15) is 11.9 Å². The standard InChI is InChI=1S/C21H20ClNO4/c1-2-27-21(26)17-10-5-11-23-19(17)15-8-4-9-16(18(15)22)20(25)13-6-3-7-14(24)12-13/h4-6,8-11,20,25H,2-3,7,12H2,1H3. The Morgan fingerprint density at radius 3 is 2.89 bits per heavy atom. The minimum Gasteiger partial charge on any atom is -0.462 e. The fourth-order valence-electron chi connectivity index (χ4n) is 3.15. The zero-order chi connectivity index (χ0) is 19.4. The van der Waals surface area contributed by atoms with Crippen molar-refractivity contribution in [3.05, 3.63) is 64.3 Å². The van der Waals surface area contributed by atoms with Gasteiger partial charge in [0.15, 0.2) is 0 Å². The summed E-state index contributed by atoms with van der Waals surface area (Å²) in [5, 5.41) is 11.1. The number of nitrogens with zero attached hydrogens (tertiary/aromatic N) is 1. The molecule has 0 saturated carbocycles. The number of benzene rings is 1. The number of ether oxygens (including phenoxy) is 1. The third-order valence-electron chi connectivity index (χ3n) is 4.46. The summed E-state index contributed by atoms with van der Waals surface area (Å²) in [4.78, 5) is 28.3. The van der Waals surface area contributed by atoms with E-state index >= 15 is 0 Å². The number of ketones is 1. The minimum atomic E-state index is -0.976. The van der Waals surface area contributed by atoms with Gasteiger partial charge >= 0.3 is 5.97 Å². The van der Waals surface area contributed by atoms with Crippen LogP contribution < -0.4 is 0 Å². The first-order valence-corrected chi connectivity index (χ1v) is 9.20. The number of carbonyl (C=O) groups excluding carboxylic acids is 2. The van der Waals surface area contributed by atoms with Crippen LogP contribution in [0, 0.1) is 0 Å². The van der Waals surface area contributed by atoms with Gasteiger partial charge in [0.25, 0.3) is 0 Å². The molecule has 3 rings (SSSR count). The molecule has 5 nitrogen and oxygen atoms in total. The third-order valence-corrected chi connectivity index (χ3v) is 4.89. The van der Waals surface area contributed by atoms with E-state index in [1.807, 2.05) is 6.08 Å². The van der Waals surface area contributed by atoms with E-state index in [4.69, 9.17) is 16.3 Å². The number of pyridine rings is 1. The Kier molecular flexibility index (Phi) is 6.04. The van der Waals surface area contributed by atoms with E-state index in [1.54, 1.807) is 43.5 Å². The van der Waals surface area contributed by atoms with E-state index in [1.165, 1.54) is 0 Å². The molecular formula is C21H20ClNO4. The molecule has 0 spiro atoms. The summed E-state index contributed by atoms with van der Waals surface area (Å²) in [5.74, 6) is -0.378. The van der Waals surface area contributed by atoms with Gasteiger partial charge in [-0.1, -0.05) is 35.9 Å². The maximum Gasteiger partial charge on any atom is 0.340 e. The van der Waals surface area contributed by atoms with Gasteiger partial charge in [-0.05, 0) is 31.1 Å². The molecule has 27 heavy (non-hydrogen) atoms. The average molecular weight is 386 g/mol. The van der Waals surface area contributed by atoms with Crippen LogP contribution in [0.15, 0.2) is 48.2 Å². The van der Waals surface area contributed by atoms with Crippen LogP contribution in [-0.2, 0) is 9.53 Å². The number of aliphatic hydroxyl groups is 1. The number of carbonyl (C=O) groups is 2. The number of halogens is 1. The molecule has 1 aliphatic carbocycles. The largest absolute Gasteiger partial charge is 0.462 e. The highest BCUT2D eigenvalue weighted by Gasteiger charge is 2.24. The molecule has 2 aromatic rings. The molecule has 1 aliphatic rings. The molecule has 1 heterocycles. The molecule has 0 saturated heterocycles. The van der Waals surface area contributed by atoms with Gasteiger partial charge in [0.05, 0.1) is 22.9 Å². The zero-order valence-corrected chi connectivity index (χ0v) is 15.7. The second-order valence-electron chi connectivity index (χ2n) is 6.26. The van der Waals surface area contributed by atoms with Gasteiger partial charge in [-0.15, -0.1) is 0 Å². The van der Waals surface area contributed by atoms with Gasteiger partial charge < -0.3 is 9.84 Å². The lowest BCUT2D eigenvalue weighted by Crippen LogP contribution is -2.12. The van der Waals surface area contributed by atoms with Crippen LogP contribution in [0.5, 0.6) is 0 Å². The molecule has 1 N–H and O–H groups in total. The van der Waals surface area contributed by atoms with Crippen LogP contribution >= 0.6 is 11.6 Å². The molecule has 1 aromatic carbocycles. The van der Waals surface area contributed by atoms with Crippen LogP contribution in [0.25, 0.3) is 11.3 Å². The van der Waals surface area contributed by atoms with Crippen LogP contribution in [-0.4, -0.2) is 28.4 Å². The van der Waals surface area contributed by atoms with Gasteiger partial charge in [0.2, 0.25) is 0 Å². The van der Waals surface area contributed by atoms with E-state index in [2.05, 4.69) is 4.98 Å². The summed E-state index contributed by atoms with van der Waals surface area (Å²) in [6.07, 6.45) is 3.83. The molecule has 0 bridgehead atoms. The van der Waals surface area contributed by atoms with Crippen molar-refractivity contribution in [2.24, 2.45) is 0 Å². The molecule has 0 amide bonds. The highest BCUT2D eigenvalue weighted by molar-refractivity contribution is 6.34. The number of esters is 1. The summed E-state index contributed by atoms with van der Waals surface area (Å²) in [7, 11) is 0. The lowest BCUT2D eigenvalue weighted by atomic mass is 9.90. The van der Waals surface area contributed by atoms with Gasteiger partial charge in [-0.25, -0.2) is 4.79 Å². The monoisotopic (exact) mass is 385 g/mol. The van der Waals surface area contributed by atoms with E-state index in [0.29, 0.717) is 45.8 Å². The van der Waals surface area contributed by atoms with E-state index in [-0.39, 0.29) is 18.8 Å². The molecule has 0 fully saturated rings. The summed E-state index contributed by atoms with van der Waals surface area (Å²) < 4.78 is 5.10. The number of hydrogen-bond donors (Lipinski definition) is 1. The maximum absolute atomic E-state index is 12.3. The van der Waals surface area contributed by atoms with Crippen molar-refractivity contribution in [1.82, 2.24) is 4.98 Å². The second-order valence-corrected chi connectivity index (χ2v) is 6.64. The summed E-state index contributed by atoms with van der Waals surface area (Å²) in [6, 6.07) is 8.48. The fourth-order valence-corrected chi connectivity index (χ4v) is 3.47. The SMILES string of the molecule is CCOC(=O)c1cccnc1-c1cccc(C(O)C2=CCCC(=O)C2)c1Cl. The normalized spacial score (nSPS) is 15.2. The molecular weight excluding hydrogens is 366 g/mol. The van der Waals surface area contributed by atoms with Crippen molar-refractivity contribution in [3.63, 3.8) is 0 Å². The topological polar surface area (TPSA) is 76.5 Å². The molecule has 1 atom stereocenters. The van der Waals surface area contributed by atoms with Crippen molar-refractivity contribution >= 4 is 23.4 Å². The Bertz CT molecular complexity index is 907. The molecule has 140 valence electrons. The highest BCUT2D eigenvalue weighted by Crippen LogP contribution is 2.38. The summed E-state index contributed by atoms with van der Waals surface area (Å²) in [6.45, 7) is 1.99. The van der Waals surface area contributed by atoms with Crippen molar-refractivity contribution in [2.45, 2.75) is 32.3 Å². The van der Waals surface area contributed by atoms with Gasteiger partial charge in [0, 0.05) is 30.2 Å². The first kappa shape index (κ1) is 19.3. The Morgan fingerprint density at radius 2 is 2.15 bits per heavy atom. The van der Waals surface area contributed by atoms with Crippen LogP contribution in [0.4, 0.5) is 0 Å². The number of aromatic nitrogens is 1. The lowest BCUT2D eigenvalue weighted by molar-refractivity contribution is -0.118. The molecule has 1 aromatic heterocycles. The Balaban J connectivity index is 2.03. The van der Waals surface area contributed by atoms with E-state index in [0.717, 1.165) is 0 Å². The Hall–Kier alpha value is -2.50. The molecule has 1 unspecified atom stereocenters. The quantitative estimate of drug-likeness (QED) is 0.613. The third kappa shape index (κ3) is 4.10. The van der Waals surface area contributed by atoms with Crippen molar-refractivity contribution in [2.75, 3.05) is 6.61 Å². The maximum atomic E-state index is 12.3. The van der Waals surface area contributed by atoms with E-state index < -0.39 is 12.1 Å². The Labute approximate surface area is 162 Å². The Morgan fingerprint density at radius 1 is 1.33 bits per heavy atom. The molecule has 6 heteroatoms. The fraction of sp³-hybridized carbons (Fsp3) is 0.286. The van der Waals surface area contributed by atoms with Crippen molar-refractivity contribution in [3.8, 4) is 11.3 Å². The van der Waals surface area contributed by atoms with Gasteiger partial charge in [-0.2, -0.15) is 0 Å². The number of rotatable bonds is 5. The minimum absolute atomic E-state index is 0.105. The average Bonchev–Trinajstić information content (AvgIpc) is 2.68. The number of Topliss-reactive ketones (excluding diaryl/α,β-unsaturated/α-hetero) is 1. The molecule has 0 aliphatic heterocycles. The molecule has 0 radical (unpaired) electrons. The number of aliphatic hydroxyl groups excluding tert-OH is 1. The predicted octanol–water partition coefficient (Wildman–Crippen LogP) is 4.29. The van der Waals surface area contributed by atoms with Crippen LogP contribution in [0.3, 0.4) is 0 Å². The first-order valence-electron chi connectivity index (χ1n) is 8.82. The van der Waals surface area contributed by atoms with Gasteiger partial charge in [-0.3, -0.25) is 9.78 Å². The summed E-state index contributed by atoms with van der Waals surface area (Å²) in [5.41, 5.74) is 2.36. The lowest BCUT2D eigenvalue weighted by Gasteiger charge is -2.20. The smallest absolute Gasteiger partial charge is 0.340 e. The van der Waals surface area contributed by atoms with Crippen molar-refractivity contribution in [1.29, 1.82) is 0 Å².